The summed E-state index contributed by atoms with van der Waals surface area (Å²) in [6.07, 6.45) is 0.730. The SMILES string of the molecule is Cc1ccc(C(=O)N2C[C@@H]3C[C@H]2CN3C(=O)[C@@H](NC(=O)c2cc3ccccc3[nH]2)C(C)(C)C)c(Cl)c1. The van der Waals surface area contributed by atoms with Crippen molar-refractivity contribution < 1.29 is 14.4 Å². The number of hydrogen-bond acceptors (Lipinski definition) is 3. The molecule has 36 heavy (non-hydrogen) atoms. The molecule has 188 valence electrons. The molecule has 2 N–H and O–H groups in total. The zero-order valence-corrected chi connectivity index (χ0v) is 21.7. The van der Waals surface area contributed by atoms with Crippen molar-refractivity contribution in [3.63, 3.8) is 0 Å². The Morgan fingerprint density at radius 2 is 1.72 bits per heavy atom. The van der Waals surface area contributed by atoms with Crippen molar-refractivity contribution in [3.05, 3.63) is 70.4 Å². The molecule has 0 radical (unpaired) electrons. The average molecular weight is 507 g/mol. The summed E-state index contributed by atoms with van der Waals surface area (Å²) >= 11 is 6.35. The summed E-state index contributed by atoms with van der Waals surface area (Å²) in [7, 11) is 0. The first-order valence-corrected chi connectivity index (χ1v) is 12.7. The summed E-state index contributed by atoms with van der Waals surface area (Å²) in [6.45, 7) is 8.70. The predicted molar refractivity (Wildman–Crippen MR) is 140 cm³/mol. The average Bonchev–Trinajstić information content (AvgIpc) is 3.54. The van der Waals surface area contributed by atoms with E-state index in [1.807, 2.05) is 67.8 Å². The van der Waals surface area contributed by atoms with Gasteiger partial charge in [-0.2, -0.15) is 0 Å². The number of nitrogens with zero attached hydrogens (tertiary/aromatic N) is 2. The summed E-state index contributed by atoms with van der Waals surface area (Å²) in [4.78, 5) is 46.9. The number of nitrogens with one attached hydrogen (secondary N) is 2. The topological polar surface area (TPSA) is 85.5 Å². The van der Waals surface area contributed by atoms with Crippen molar-refractivity contribution >= 4 is 40.2 Å². The number of fused-ring (bicyclic) bond motifs is 3. The third kappa shape index (κ3) is 4.37. The van der Waals surface area contributed by atoms with Gasteiger partial charge in [0, 0.05) is 24.0 Å². The number of rotatable bonds is 4. The van der Waals surface area contributed by atoms with Crippen LogP contribution < -0.4 is 5.32 Å². The highest BCUT2D eigenvalue weighted by molar-refractivity contribution is 6.33. The Morgan fingerprint density at radius 3 is 2.36 bits per heavy atom. The summed E-state index contributed by atoms with van der Waals surface area (Å²) in [5, 5.41) is 4.37. The van der Waals surface area contributed by atoms with Gasteiger partial charge < -0.3 is 20.1 Å². The maximum absolute atomic E-state index is 13.7. The Hall–Kier alpha value is -3.32. The summed E-state index contributed by atoms with van der Waals surface area (Å²) < 4.78 is 0. The fourth-order valence-electron chi connectivity index (χ4n) is 5.35. The molecule has 2 aromatic carbocycles. The van der Waals surface area contributed by atoms with Gasteiger partial charge in [-0.1, -0.05) is 56.6 Å². The fourth-order valence-corrected chi connectivity index (χ4v) is 5.67. The molecular weight excluding hydrogens is 476 g/mol. The van der Waals surface area contributed by atoms with Gasteiger partial charge in [-0.25, -0.2) is 0 Å². The number of carbonyl (C=O) groups excluding carboxylic acids is 3. The standard InChI is InChI=1S/C28H31ClN4O3/c1-16-9-10-20(21(29)11-16)26(35)32-14-19-13-18(32)15-33(19)27(36)24(28(2,3)4)31-25(34)23-12-17-7-5-6-8-22(17)30-23/h5-12,18-19,24,30H,13-15H2,1-4H3,(H,31,34)/t18-,19-,24+/m0/s1. The second-order valence-corrected chi connectivity index (χ2v) is 11.4. The van der Waals surface area contributed by atoms with Gasteiger partial charge >= 0.3 is 0 Å². The predicted octanol–water partition coefficient (Wildman–Crippen LogP) is 4.40. The van der Waals surface area contributed by atoms with Crippen LogP contribution in [0, 0.1) is 12.3 Å². The van der Waals surface area contributed by atoms with Gasteiger partial charge in [-0.05, 0) is 48.6 Å². The molecule has 0 spiro atoms. The maximum Gasteiger partial charge on any atom is 0.268 e. The number of hydrogen-bond donors (Lipinski definition) is 2. The molecule has 2 saturated heterocycles. The molecule has 1 aromatic heterocycles. The van der Waals surface area contributed by atoms with Gasteiger partial charge in [0.15, 0.2) is 0 Å². The Bertz CT molecular complexity index is 1330. The molecule has 3 aromatic rings. The van der Waals surface area contributed by atoms with Crippen LogP contribution in [0.4, 0.5) is 0 Å². The number of benzene rings is 2. The second-order valence-electron chi connectivity index (χ2n) is 11.0. The van der Waals surface area contributed by atoms with Crippen LogP contribution in [0.5, 0.6) is 0 Å². The highest BCUT2D eigenvalue weighted by atomic mass is 35.5. The number of likely N-dealkylation sites (tertiary alicyclic amines) is 2. The molecule has 2 aliphatic rings. The van der Waals surface area contributed by atoms with Crippen LogP contribution in [0.2, 0.25) is 5.02 Å². The molecule has 5 rings (SSSR count). The van der Waals surface area contributed by atoms with Gasteiger partial charge in [-0.15, -0.1) is 0 Å². The molecular formula is C28H31ClN4O3. The monoisotopic (exact) mass is 506 g/mol. The molecule has 0 saturated carbocycles. The number of aryl methyl sites for hydroxylation is 1. The van der Waals surface area contributed by atoms with E-state index < -0.39 is 11.5 Å². The number of carbonyl (C=O) groups is 3. The van der Waals surface area contributed by atoms with Gasteiger partial charge in [0.05, 0.1) is 22.7 Å². The highest BCUT2D eigenvalue weighted by Gasteiger charge is 2.50. The molecule has 2 bridgehead atoms. The van der Waals surface area contributed by atoms with E-state index in [1.54, 1.807) is 18.2 Å². The van der Waals surface area contributed by atoms with E-state index in [9.17, 15) is 14.4 Å². The largest absolute Gasteiger partial charge is 0.351 e. The number of amides is 3. The maximum atomic E-state index is 13.7. The van der Waals surface area contributed by atoms with Crippen molar-refractivity contribution in [2.24, 2.45) is 5.41 Å². The molecule has 7 nitrogen and oxygen atoms in total. The first-order valence-electron chi connectivity index (χ1n) is 12.3. The smallest absolute Gasteiger partial charge is 0.268 e. The van der Waals surface area contributed by atoms with Crippen LogP contribution in [0.15, 0.2) is 48.5 Å². The van der Waals surface area contributed by atoms with E-state index in [-0.39, 0.29) is 29.8 Å². The molecule has 0 aliphatic carbocycles. The zero-order chi connectivity index (χ0) is 25.8. The van der Waals surface area contributed by atoms with E-state index >= 15 is 0 Å². The molecule has 2 aliphatic heterocycles. The number of aromatic nitrogens is 1. The Kier molecular flexibility index (Phi) is 6.07. The van der Waals surface area contributed by atoms with Crippen LogP contribution in [0.1, 0.15) is 53.6 Å². The number of piperazine rings is 1. The van der Waals surface area contributed by atoms with Gasteiger partial charge in [0.25, 0.3) is 11.8 Å². The van der Waals surface area contributed by atoms with Crippen molar-refractivity contribution in [2.45, 2.75) is 52.2 Å². The number of para-hydroxylation sites is 1. The third-order valence-electron chi connectivity index (χ3n) is 7.30. The minimum absolute atomic E-state index is 0.0613. The zero-order valence-electron chi connectivity index (χ0n) is 21.0. The summed E-state index contributed by atoms with van der Waals surface area (Å²) in [5.74, 6) is -0.520. The third-order valence-corrected chi connectivity index (χ3v) is 7.62. The number of halogens is 1. The number of H-pyrrole nitrogens is 1. The molecule has 8 heteroatoms. The van der Waals surface area contributed by atoms with Crippen molar-refractivity contribution in [1.82, 2.24) is 20.1 Å². The van der Waals surface area contributed by atoms with E-state index in [0.717, 1.165) is 22.9 Å². The van der Waals surface area contributed by atoms with Crippen LogP contribution in [-0.2, 0) is 4.79 Å². The Balaban J connectivity index is 1.30. The summed E-state index contributed by atoms with van der Waals surface area (Å²) in [5.41, 5.74) is 2.29. The Labute approximate surface area is 215 Å². The lowest BCUT2D eigenvalue weighted by Gasteiger charge is -2.39. The van der Waals surface area contributed by atoms with E-state index in [4.69, 9.17) is 11.6 Å². The highest BCUT2D eigenvalue weighted by Crippen LogP contribution is 2.35. The van der Waals surface area contributed by atoms with Crippen molar-refractivity contribution in [1.29, 1.82) is 0 Å². The van der Waals surface area contributed by atoms with Crippen LogP contribution in [0.3, 0.4) is 0 Å². The minimum atomic E-state index is -0.702. The minimum Gasteiger partial charge on any atom is -0.351 e. The Morgan fingerprint density at radius 1 is 1.03 bits per heavy atom. The van der Waals surface area contributed by atoms with E-state index in [0.29, 0.717) is 29.4 Å². The lowest BCUT2D eigenvalue weighted by molar-refractivity contribution is -0.138. The van der Waals surface area contributed by atoms with E-state index in [1.165, 1.54) is 0 Å². The summed E-state index contributed by atoms with van der Waals surface area (Å²) in [6, 6.07) is 14.1. The molecule has 3 heterocycles. The van der Waals surface area contributed by atoms with Gasteiger partial charge in [0.1, 0.15) is 11.7 Å². The molecule has 0 unspecified atom stereocenters. The quantitative estimate of drug-likeness (QED) is 0.550. The molecule has 2 fully saturated rings. The first kappa shape index (κ1) is 24.4. The number of aromatic amines is 1. The molecule has 3 amide bonds. The fraction of sp³-hybridized carbons (Fsp3) is 0.393. The lowest BCUT2D eigenvalue weighted by Crippen LogP contribution is -2.59. The van der Waals surface area contributed by atoms with Crippen molar-refractivity contribution in [3.8, 4) is 0 Å². The van der Waals surface area contributed by atoms with Crippen LogP contribution >= 0.6 is 11.6 Å². The normalized spacial score (nSPS) is 20.1. The van der Waals surface area contributed by atoms with Crippen molar-refractivity contribution in [2.75, 3.05) is 13.1 Å². The van der Waals surface area contributed by atoms with Gasteiger partial charge in [0.2, 0.25) is 5.91 Å². The van der Waals surface area contributed by atoms with E-state index in [2.05, 4.69) is 10.3 Å². The first-order chi connectivity index (χ1) is 17.0. The van der Waals surface area contributed by atoms with Crippen LogP contribution in [-0.4, -0.2) is 63.7 Å². The van der Waals surface area contributed by atoms with Crippen LogP contribution in [0.25, 0.3) is 10.9 Å². The van der Waals surface area contributed by atoms with Gasteiger partial charge in [-0.3, -0.25) is 14.4 Å². The lowest BCUT2D eigenvalue weighted by atomic mass is 9.85. The molecule has 3 atom stereocenters. The second kappa shape index (κ2) is 8.96.